The SMILES string of the molecule is Cc1ccc(-c2cc(F)c(-c3ccc(C(F)(F)Oc4cc(F)c(F)c(F)c4)cc3)c(F)c2)c(F)c1. The van der Waals surface area contributed by atoms with E-state index in [4.69, 9.17) is 0 Å². The van der Waals surface area contributed by atoms with Crippen LogP contribution in [0.3, 0.4) is 0 Å². The van der Waals surface area contributed by atoms with Gasteiger partial charge in [0.15, 0.2) is 17.5 Å². The highest BCUT2D eigenvalue weighted by Crippen LogP contribution is 2.36. The van der Waals surface area contributed by atoms with E-state index in [0.717, 1.165) is 36.4 Å². The molecule has 4 rings (SSSR count). The number of rotatable bonds is 5. The predicted octanol–water partition coefficient (Wildman–Crippen LogP) is 8.29. The van der Waals surface area contributed by atoms with Gasteiger partial charge in [-0.3, -0.25) is 0 Å². The van der Waals surface area contributed by atoms with E-state index in [0.29, 0.717) is 5.56 Å². The molecule has 0 heterocycles. The Bertz CT molecular complexity index is 1370. The molecule has 0 bridgehead atoms. The molecule has 0 atom stereocenters. The van der Waals surface area contributed by atoms with Crippen molar-refractivity contribution in [2.75, 3.05) is 0 Å². The first-order valence-corrected chi connectivity index (χ1v) is 10.0. The molecule has 180 valence electrons. The quantitative estimate of drug-likeness (QED) is 0.200. The number of hydrogen-bond acceptors (Lipinski definition) is 1. The number of aryl methyl sites for hydroxylation is 1. The second-order valence-corrected chi connectivity index (χ2v) is 7.70. The van der Waals surface area contributed by atoms with Crippen LogP contribution in [0.4, 0.5) is 35.1 Å². The van der Waals surface area contributed by atoms with Gasteiger partial charge >= 0.3 is 6.11 Å². The average molecular weight is 494 g/mol. The molecular weight excluding hydrogens is 480 g/mol. The molecule has 0 amide bonds. The lowest BCUT2D eigenvalue weighted by Crippen LogP contribution is -2.22. The first kappa shape index (κ1) is 24.3. The number of halogens is 8. The molecule has 0 aromatic heterocycles. The summed E-state index contributed by atoms with van der Waals surface area (Å²) in [5, 5.41) is 0. The zero-order chi connectivity index (χ0) is 25.5. The van der Waals surface area contributed by atoms with Crippen LogP contribution < -0.4 is 4.74 Å². The first-order chi connectivity index (χ1) is 16.5. The Hall–Kier alpha value is -3.88. The molecule has 1 nitrogen and oxygen atoms in total. The van der Waals surface area contributed by atoms with Crippen molar-refractivity contribution in [1.29, 1.82) is 0 Å². The number of hydrogen-bond donors (Lipinski definition) is 0. The molecule has 0 radical (unpaired) electrons. The minimum Gasteiger partial charge on any atom is -0.429 e. The van der Waals surface area contributed by atoms with Crippen molar-refractivity contribution in [2.45, 2.75) is 13.0 Å². The minimum atomic E-state index is -4.11. The van der Waals surface area contributed by atoms with Crippen LogP contribution in [0.25, 0.3) is 22.3 Å². The Kier molecular flexibility index (Phi) is 6.27. The van der Waals surface area contributed by atoms with Gasteiger partial charge in [0, 0.05) is 17.7 Å². The zero-order valence-electron chi connectivity index (χ0n) is 17.8. The number of alkyl halides is 2. The lowest BCUT2D eigenvalue weighted by atomic mass is 9.97. The second kappa shape index (κ2) is 9.05. The van der Waals surface area contributed by atoms with Gasteiger partial charge in [0.1, 0.15) is 23.2 Å². The number of benzene rings is 4. The molecule has 0 aliphatic carbocycles. The van der Waals surface area contributed by atoms with Gasteiger partial charge in [-0.15, -0.1) is 0 Å². The summed E-state index contributed by atoms with van der Waals surface area (Å²) in [6.07, 6.45) is -4.11. The summed E-state index contributed by atoms with van der Waals surface area (Å²) >= 11 is 0. The molecule has 35 heavy (non-hydrogen) atoms. The summed E-state index contributed by atoms with van der Waals surface area (Å²) in [6.45, 7) is 1.66. The van der Waals surface area contributed by atoms with Crippen molar-refractivity contribution < 1.29 is 39.9 Å². The van der Waals surface area contributed by atoms with Crippen LogP contribution in [0.1, 0.15) is 11.1 Å². The van der Waals surface area contributed by atoms with Crippen LogP contribution in [-0.2, 0) is 6.11 Å². The molecule has 0 fully saturated rings. The smallest absolute Gasteiger partial charge is 0.426 e. The normalized spacial score (nSPS) is 11.6. The summed E-state index contributed by atoms with van der Waals surface area (Å²) in [6, 6.07) is 10.1. The third-order valence-electron chi connectivity index (χ3n) is 5.19. The maximum absolute atomic E-state index is 14.8. The van der Waals surface area contributed by atoms with E-state index in [1.54, 1.807) is 13.0 Å². The largest absolute Gasteiger partial charge is 0.429 e. The first-order valence-electron chi connectivity index (χ1n) is 10.0. The van der Waals surface area contributed by atoms with E-state index in [2.05, 4.69) is 4.74 Å². The van der Waals surface area contributed by atoms with Crippen LogP contribution in [0.5, 0.6) is 5.75 Å². The monoisotopic (exact) mass is 494 g/mol. The highest BCUT2D eigenvalue weighted by molar-refractivity contribution is 5.72. The molecule has 0 aliphatic rings. The Labute approximate surface area is 194 Å². The van der Waals surface area contributed by atoms with Crippen molar-refractivity contribution in [3.63, 3.8) is 0 Å². The summed E-state index contributed by atoms with van der Waals surface area (Å²) in [5.41, 5.74) is -0.865. The van der Waals surface area contributed by atoms with Gasteiger partial charge in [0.25, 0.3) is 0 Å². The van der Waals surface area contributed by atoms with Gasteiger partial charge in [-0.2, -0.15) is 8.78 Å². The molecule has 0 unspecified atom stereocenters. The number of ether oxygens (including phenoxy) is 1. The standard InChI is InChI=1S/C26H14F8O/c1-13-2-7-18(19(27)8-13)15-9-20(28)24(21(29)10-15)14-3-5-16(6-4-14)26(33,34)35-17-11-22(30)25(32)23(31)12-17/h2-12H,1H3. The summed E-state index contributed by atoms with van der Waals surface area (Å²) in [5.74, 6) is -9.00. The van der Waals surface area contributed by atoms with Crippen molar-refractivity contribution in [1.82, 2.24) is 0 Å². The average Bonchev–Trinajstić information content (AvgIpc) is 2.77. The Morgan fingerprint density at radius 3 is 1.71 bits per heavy atom. The van der Waals surface area contributed by atoms with Crippen molar-refractivity contribution in [2.24, 2.45) is 0 Å². The van der Waals surface area contributed by atoms with Gasteiger partial charge in [-0.05, 0) is 53.9 Å². The molecule has 9 heteroatoms. The maximum Gasteiger partial charge on any atom is 0.426 e. The molecule has 4 aromatic carbocycles. The highest BCUT2D eigenvalue weighted by Gasteiger charge is 2.35. The van der Waals surface area contributed by atoms with Crippen LogP contribution in [0.15, 0.2) is 66.7 Å². The van der Waals surface area contributed by atoms with E-state index >= 15 is 0 Å². The van der Waals surface area contributed by atoms with Gasteiger partial charge in [0.05, 0.1) is 11.1 Å². The minimum absolute atomic E-state index is 0.0132. The fourth-order valence-electron chi connectivity index (χ4n) is 3.49. The van der Waals surface area contributed by atoms with Crippen LogP contribution >= 0.6 is 0 Å². The van der Waals surface area contributed by atoms with Crippen LogP contribution in [-0.4, -0.2) is 0 Å². The third kappa shape index (κ3) is 4.84. The van der Waals surface area contributed by atoms with Gasteiger partial charge in [-0.25, -0.2) is 26.3 Å². The summed E-state index contributed by atoms with van der Waals surface area (Å²) < 4.78 is 117. The maximum atomic E-state index is 14.8. The van der Waals surface area contributed by atoms with Gasteiger partial charge in [0.2, 0.25) is 0 Å². The predicted molar refractivity (Wildman–Crippen MR) is 113 cm³/mol. The molecule has 0 aliphatic heterocycles. The molecule has 0 saturated heterocycles. The Morgan fingerprint density at radius 2 is 1.17 bits per heavy atom. The highest BCUT2D eigenvalue weighted by atomic mass is 19.3. The Morgan fingerprint density at radius 1 is 0.600 bits per heavy atom. The van der Waals surface area contributed by atoms with Crippen molar-refractivity contribution in [3.05, 3.63) is 113 Å². The zero-order valence-corrected chi connectivity index (χ0v) is 17.8. The van der Waals surface area contributed by atoms with E-state index in [1.165, 1.54) is 12.1 Å². The van der Waals surface area contributed by atoms with E-state index in [9.17, 15) is 35.1 Å². The van der Waals surface area contributed by atoms with Crippen molar-refractivity contribution in [3.8, 4) is 28.0 Å². The Balaban J connectivity index is 1.63. The van der Waals surface area contributed by atoms with Crippen LogP contribution in [0, 0.1) is 41.8 Å². The third-order valence-corrected chi connectivity index (χ3v) is 5.19. The molecule has 0 spiro atoms. The van der Waals surface area contributed by atoms with E-state index in [1.807, 2.05) is 0 Å². The summed E-state index contributed by atoms with van der Waals surface area (Å²) in [7, 11) is 0. The topological polar surface area (TPSA) is 9.23 Å². The molecule has 0 N–H and O–H groups in total. The van der Waals surface area contributed by atoms with Gasteiger partial charge in [-0.1, -0.05) is 24.3 Å². The fourth-order valence-corrected chi connectivity index (χ4v) is 3.49. The molecule has 0 saturated carbocycles. The molecular formula is C26H14F8O. The lowest BCUT2D eigenvalue weighted by molar-refractivity contribution is -0.185. The van der Waals surface area contributed by atoms with E-state index in [-0.39, 0.29) is 28.8 Å². The lowest BCUT2D eigenvalue weighted by Gasteiger charge is -2.19. The summed E-state index contributed by atoms with van der Waals surface area (Å²) in [4.78, 5) is 0. The fraction of sp³-hybridized carbons (Fsp3) is 0.0769. The van der Waals surface area contributed by atoms with Crippen molar-refractivity contribution >= 4 is 0 Å². The second-order valence-electron chi connectivity index (χ2n) is 7.70. The van der Waals surface area contributed by atoms with Gasteiger partial charge < -0.3 is 4.74 Å². The van der Waals surface area contributed by atoms with E-state index < -0.39 is 57.9 Å². The molecule has 4 aromatic rings. The van der Waals surface area contributed by atoms with Crippen LogP contribution in [0.2, 0.25) is 0 Å².